The molecule has 0 aromatic heterocycles. The molecule has 0 aliphatic heterocycles. The molecule has 1 rings (SSSR count). The Hall–Kier alpha value is -1.88. The van der Waals surface area contributed by atoms with E-state index in [9.17, 15) is 10.1 Å². The van der Waals surface area contributed by atoms with Gasteiger partial charge < -0.3 is 10.1 Å². The van der Waals surface area contributed by atoms with Gasteiger partial charge in [0.25, 0.3) is 0 Å². The van der Waals surface area contributed by atoms with Gasteiger partial charge in [-0.15, -0.1) is 0 Å². The monoisotopic (exact) mass is 264 g/mol. The highest BCUT2D eigenvalue weighted by molar-refractivity contribution is 5.51. The van der Waals surface area contributed by atoms with Crippen LogP contribution < -0.4 is 10.1 Å². The first kappa shape index (κ1) is 15.2. The Balaban J connectivity index is 2.67. The Labute approximate surface area is 113 Å². The molecule has 0 fully saturated rings. The summed E-state index contributed by atoms with van der Waals surface area (Å²) in [5, 5.41) is 14.1. The van der Waals surface area contributed by atoms with Crippen molar-refractivity contribution in [2.24, 2.45) is 0 Å². The van der Waals surface area contributed by atoms with Crippen LogP contribution in [0, 0.1) is 17.0 Å². The lowest BCUT2D eigenvalue weighted by atomic mass is 10.2. The molecule has 0 aliphatic carbocycles. The van der Waals surface area contributed by atoms with Gasteiger partial charge in [-0.25, -0.2) is 0 Å². The first-order chi connectivity index (χ1) is 8.91. The van der Waals surface area contributed by atoms with Crippen molar-refractivity contribution < 1.29 is 9.66 Å². The Kier molecular flexibility index (Phi) is 5.51. The molecule has 0 aliphatic rings. The number of benzene rings is 1. The number of hydrogen-bond donors (Lipinski definition) is 1. The van der Waals surface area contributed by atoms with E-state index in [1.165, 1.54) is 6.07 Å². The molecule has 0 unspecified atom stereocenters. The van der Waals surface area contributed by atoms with E-state index in [-0.39, 0.29) is 12.3 Å². The zero-order valence-electron chi connectivity index (χ0n) is 11.6. The molecule has 0 heterocycles. The highest BCUT2D eigenvalue weighted by Crippen LogP contribution is 2.30. The molecule has 0 spiro atoms. The van der Waals surface area contributed by atoms with Crippen molar-refractivity contribution in [3.05, 3.63) is 46.0 Å². The predicted octanol–water partition coefficient (Wildman–Crippen LogP) is 2.84. The number of nitrogens with zero attached hydrogens (tertiary/aromatic N) is 1. The minimum atomic E-state index is -0.433. The Morgan fingerprint density at radius 3 is 2.79 bits per heavy atom. The molecule has 0 saturated carbocycles. The number of aryl methyl sites for hydroxylation is 1. The fourth-order valence-electron chi connectivity index (χ4n) is 1.54. The van der Waals surface area contributed by atoms with Gasteiger partial charge >= 0.3 is 5.69 Å². The average molecular weight is 264 g/mol. The summed E-state index contributed by atoms with van der Waals surface area (Å²) in [7, 11) is 0. The third-order valence-electron chi connectivity index (χ3n) is 2.57. The van der Waals surface area contributed by atoms with Gasteiger partial charge in [0.1, 0.15) is 6.61 Å². The second-order valence-corrected chi connectivity index (χ2v) is 4.75. The second-order valence-electron chi connectivity index (χ2n) is 4.75. The molecule has 1 aromatic carbocycles. The van der Waals surface area contributed by atoms with E-state index in [0.29, 0.717) is 18.3 Å². The fraction of sp³-hybridized carbons (Fsp3) is 0.429. The van der Waals surface area contributed by atoms with Crippen molar-refractivity contribution in [3.8, 4) is 5.75 Å². The van der Waals surface area contributed by atoms with Gasteiger partial charge in [0.15, 0.2) is 5.75 Å². The van der Waals surface area contributed by atoms with E-state index in [4.69, 9.17) is 4.74 Å². The first-order valence-electron chi connectivity index (χ1n) is 6.18. The molecule has 19 heavy (non-hydrogen) atoms. The maximum absolute atomic E-state index is 10.9. The maximum Gasteiger partial charge on any atom is 0.311 e. The van der Waals surface area contributed by atoms with Gasteiger partial charge in [0.2, 0.25) is 0 Å². The van der Waals surface area contributed by atoms with Crippen molar-refractivity contribution in [1.29, 1.82) is 0 Å². The molecule has 1 N–H and O–H groups in total. The summed E-state index contributed by atoms with van der Waals surface area (Å²) in [4.78, 5) is 10.5. The summed E-state index contributed by atoms with van der Waals surface area (Å²) in [6.45, 7) is 10.7. The Morgan fingerprint density at radius 2 is 2.21 bits per heavy atom. The predicted molar refractivity (Wildman–Crippen MR) is 75.6 cm³/mol. The van der Waals surface area contributed by atoms with Crippen molar-refractivity contribution >= 4 is 5.69 Å². The molecule has 0 atom stereocenters. The van der Waals surface area contributed by atoms with Crippen molar-refractivity contribution in [2.45, 2.75) is 26.8 Å². The zero-order chi connectivity index (χ0) is 14.4. The third-order valence-corrected chi connectivity index (χ3v) is 2.57. The number of nitro groups is 1. The topological polar surface area (TPSA) is 64.4 Å². The number of nitrogens with one attached hydrogen (secondary N) is 1. The number of nitro benzene ring substituents is 1. The van der Waals surface area contributed by atoms with Gasteiger partial charge in [-0.2, -0.15) is 0 Å². The number of ether oxygens (including phenoxy) is 1. The van der Waals surface area contributed by atoms with Gasteiger partial charge in [-0.05, 0) is 18.1 Å². The average Bonchev–Trinajstić information content (AvgIpc) is 2.34. The summed E-state index contributed by atoms with van der Waals surface area (Å²) < 4.78 is 5.54. The molecule has 0 saturated heterocycles. The SMILES string of the molecule is C=C(CNC(C)C)COc1c(C)cccc1[N+](=O)[O-]. The van der Waals surface area contributed by atoms with Gasteiger partial charge in [-0.3, -0.25) is 10.1 Å². The lowest BCUT2D eigenvalue weighted by Gasteiger charge is -2.13. The van der Waals surface area contributed by atoms with Crippen LogP contribution in [0.1, 0.15) is 19.4 Å². The quantitative estimate of drug-likeness (QED) is 0.467. The highest BCUT2D eigenvalue weighted by atomic mass is 16.6. The van der Waals surface area contributed by atoms with Crippen molar-refractivity contribution in [1.82, 2.24) is 5.32 Å². The van der Waals surface area contributed by atoms with E-state index in [1.807, 2.05) is 13.8 Å². The molecule has 0 amide bonds. The van der Waals surface area contributed by atoms with Crippen LogP contribution in [0.15, 0.2) is 30.4 Å². The summed E-state index contributed by atoms with van der Waals surface area (Å²) >= 11 is 0. The van der Waals surface area contributed by atoms with E-state index >= 15 is 0 Å². The van der Waals surface area contributed by atoms with Crippen LogP contribution in [-0.4, -0.2) is 24.1 Å². The van der Waals surface area contributed by atoms with Gasteiger partial charge in [0.05, 0.1) is 4.92 Å². The number of rotatable bonds is 7. The standard InChI is InChI=1S/C14H20N2O3/c1-10(2)15-8-11(3)9-19-14-12(4)6-5-7-13(14)16(17)18/h5-7,10,15H,3,8-9H2,1-2,4H3. The maximum atomic E-state index is 10.9. The van der Waals surface area contributed by atoms with E-state index in [1.54, 1.807) is 19.1 Å². The summed E-state index contributed by atoms with van der Waals surface area (Å²) in [5.41, 5.74) is 1.59. The normalized spacial score (nSPS) is 10.5. The highest BCUT2D eigenvalue weighted by Gasteiger charge is 2.16. The Bertz CT molecular complexity index is 470. The molecule has 0 bridgehead atoms. The molecule has 1 aromatic rings. The Morgan fingerprint density at radius 1 is 1.53 bits per heavy atom. The van der Waals surface area contributed by atoms with E-state index in [2.05, 4.69) is 11.9 Å². The van der Waals surface area contributed by atoms with Crippen LogP contribution in [0.2, 0.25) is 0 Å². The molecular weight excluding hydrogens is 244 g/mol. The van der Waals surface area contributed by atoms with Crippen LogP contribution in [0.5, 0.6) is 5.75 Å². The minimum Gasteiger partial charge on any atom is -0.482 e. The second kappa shape index (κ2) is 6.89. The van der Waals surface area contributed by atoms with Gasteiger partial charge in [0, 0.05) is 18.7 Å². The summed E-state index contributed by atoms with van der Waals surface area (Å²) in [5.74, 6) is 0.318. The van der Waals surface area contributed by atoms with Crippen LogP contribution >= 0.6 is 0 Å². The molecular formula is C14H20N2O3. The molecule has 0 radical (unpaired) electrons. The first-order valence-corrected chi connectivity index (χ1v) is 6.18. The number of para-hydroxylation sites is 1. The zero-order valence-corrected chi connectivity index (χ0v) is 11.6. The van der Waals surface area contributed by atoms with Crippen molar-refractivity contribution in [2.75, 3.05) is 13.2 Å². The van der Waals surface area contributed by atoms with E-state index in [0.717, 1.165) is 11.1 Å². The fourth-order valence-corrected chi connectivity index (χ4v) is 1.54. The molecule has 5 nitrogen and oxygen atoms in total. The smallest absolute Gasteiger partial charge is 0.311 e. The van der Waals surface area contributed by atoms with Crippen LogP contribution in [0.25, 0.3) is 0 Å². The van der Waals surface area contributed by atoms with Crippen LogP contribution in [0.4, 0.5) is 5.69 Å². The lowest BCUT2D eigenvalue weighted by Crippen LogP contribution is -2.26. The number of hydrogen-bond acceptors (Lipinski definition) is 4. The van der Waals surface area contributed by atoms with Crippen molar-refractivity contribution in [3.63, 3.8) is 0 Å². The largest absolute Gasteiger partial charge is 0.482 e. The van der Waals surface area contributed by atoms with Gasteiger partial charge in [-0.1, -0.05) is 32.6 Å². The lowest BCUT2D eigenvalue weighted by molar-refractivity contribution is -0.385. The molecule has 104 valence electrons. The van der Waals surface area contributed by atoms with E-state index < -0.39 is 4.92 Å². The molecule has 5 heteroatoms. The van der Waals surface area contributed by atoms with Crippen LogP contribution in [-0.2, 0) is 0 Å². The summed E-state index contributed by atoms with van der Waals surface area (Å²) in [6.07, 6.45) is 0. The minimum absolute atomic E-state index is 0.00961. The van der Waals surface area contributed by atoms with Crippen LogP contribution in [0.3, 0.4) is 0 Å². The third kappa shape index (κ3) is 4.71. The summed E-state index contributed by atoms with van der Waals surface area (Å²) in [6, 6.07) is 5.24.